The molecule has 1 aliphatic rings. The summed E-state index contributed by atoms with van der Waals surface area (Å²) in [4.78, 5) is 22.7. The zero-order chi connectivity index (χ0) is 20.1. The van der Waals surface area contributed by atoms with E-state index in [-0.39, 0.29) is 12.5 Å². The number of benzene rings is 2. The summed E-state index contributed by atoms with van der Waals surface area (Å²) in [5, 5.41) is 13.4. The number of hydrogen-bond donors (Lipinski definition) is 2. The van der Waals surface area contributed by atoms with Crippen LogP contribution in [0, 0.1) is 5.82 Å². The standard InChI is InChI=1S/C21H21FN2O4/c1-23-24-20(10-13-5-8-19(22)18(9-13)21(26)27)17-11-16(7-6-14(17)12-25)28-15-3-2-4-15/h5-9,11-12,15,23H,2-4,10H2,1H3,(H,26,27)/b24-20-. The van der Waals surface area contributed by atoms with E-state index in [9.17, 15) is 14.0 Å². The Morgan fingerprint density at radius 2 is 2.07 bits per heavy atom. The molecule has 0 aromatic heterocycles. The predicted molar refractivity (Wildman–Crippen MR) is 103 cm³/mol. The third kappa shape index (κ3) is 4.36. The fourth-order valence-electron chi connectivity index (χ4n) is 3.01. The Labute approximate surface area is 162 Å². The van der Waals surface area contributed by atoms with Gasteiger partial charge in [0.25, 0.3) is 0 Å². The number of carboxylic acids is 1. The minimum Gasteiger partial charge on any atom is -0.490 e. The van der Waals surface area contributed by atoms with Crippen molar-refractivity contribution in [3.63, 3.8) is 0 Å². The van der Waals surface area contributed by atoms with Crippen LogP contribution in [0.4, 0.5) is 4.39 Å². The Balaban J connectivity index is 1.94. The lowest BCUT2D eigenvalue weighted by Gasteiger charge is -2.26. The first-order chi connectivity index (χ1) is 13.5. The molecule has 0 spiro atoms. The Morgan fingerprint density at radius 1 is 1.29 bits per heavy atom. The van der Waals surface area contributed by atoms with Gasteiger partial charge in [0.05, 0.1) is 17.4 Å². The van der Waals surface area contributed by atoms with Gasteiger partial charge in [-0.15, -0.1) is 0 Å². The van der Waals surface area contributed by atoms with E-state index in [2.05, 4.69) is 10.5 Å². The number of carboxylic acid groups (broad SMARTS) is 1. The largest absolute Gasteiger partial charge is 0.490 e. The fourth-order valence-corrected chi connectivity index (χ4v) is 3.01. The molecule has 146 valence electrons. The molecule has 0 amide bonds. The lowest BCUT2D eigenvalue weighted by Crippen LogP contribution is -2.24. The first-order valence-corrected chi connectivity index (χ1v) is 9.03. The van der Waals surface area contributed by atoms with Crippen LogP contribution < -0.4 is 10.2 Å². The van der Waals surface area contributed by atoms with Crippen molar-refractivity contribution < 1.29 is 23.8 Å². The molecule has 0 aliphatic heterocycles. The van der Waals surface area contributed by atoms with Gasteiger partial charge < -0.3 is 15.3 Å². The van der Waals surface area contributed by atoms with Crippen LogP contribution in [-0.4, -0.2) is 36.2 Å². The van der Waals surface area contributed by atoms with Crippen molar-refractivity contribution >= 4 is 18.0 Å². The van der Waals surface area contributed by atoms with Crippen molar-refractivity contribution in [1.82, 2.24) is 5.43 Å². The maximum Gasteiger partial charge on any atom is 0.338 e. The summed E-state index contributed by atoms with van der Waals surface area (Å²) >= 11 is 0. The van der Waals surface area contributed by atoms with E-state index in [4.69, 9.17) is 9.84 Å². The number of carbonyl (C=O) groups excluding carboxylic acids is 1. The molecule has 0 bridgehead atoms. The summed E-state index contributed by atoms with van der Waals surface area (Å²) in [6.45, 7) is 0. The molecule has 6 nitrogen and oxygen atoms in total. The summed E-state index contributed by atoms with van der Waals surface area (Å²) in [6, 6.07) is 9.09. The highest BCUT2D eigenvalue weighted by molar-refractivity contribution is 6.07. The monoisotopic (exact) mass is 384 g/mol. The lowest BCUT2D eigenvalue weighted by molar-refractivity contribution is 0.0691. The number of nitrogens with zero attached hydrogens (tertiary/aromatic N) is 1. The minimum atomic E-state index is -1.34. The summed E-state index contributed by atoms with van der Waals surface area (Å²) in [5.41, 5.74) is 4.42. The molecule has 1 aliphatic carbocycles. The first-order valence-electron chi connectivity index (χ1n) is 9.03. The Hall–Kier alpha value is -3.22. The number of carbonyl (C=O) groups is 2. The van der Waals surface area contributed by atoms with E-state index in [0.717, 1.165) is 31.6 Å². The number of rotatable bonds is 8. The van der Waals surface area contributed by atoms with Gasteiger partial charge >= 0.3 is 5.97 Å². The second kappa shape index (κ2) is 8.65. The number of hydrogen-bond acceptors (Lipinski definition) is 5. The van der Waals surface area contributed by atoms with Gasteiger partial charge in [0, 0.05) is 24.6 Å². The Morgan fingerprint density at radius 3 is 2.68 bits per heavy atom. The number of hydrazone groups is 1. The second-order valence-corrected chi connectivity index (χ2v) is 6.62. The fraction of sp³-hybridized carbons (Fsp3) is 0.286. The van der Waals surface area contributed by atoms with Gasteiger partial charge in [-0.05, 0) is 55.2 Å². The molecule has 28 heavy (non-hydrogen) atoms. The summed E-state index contributed by atoms with van der Waals surface area (Å²) < 4.78 is 19.6. The van der Waals surface area contributed by atoms with Crippen LogP contribution in [0.1, 0.15) is 51.1 Å². The highest BCUT2D eigenvalue weighted by atomic mass is 19.1. The van der Waals surface area contributed by atoms with Crippen LogP contribution in [0.2, 0.25) is 0 Å². The Bertz CT molecular complexity index is 923. The summed E-state index contributed by atoms with van der Waals surface area (Å²) in [6.07, 6.45) is 4.31. The summed E-state index contributed by atoms with van der Waals surface area (Å²) in [5.74, 6) is -1.48. The number of ether oxygens (including phenoxy) is 1. The molecule has 0 atom stereocenters. The third-order valence-electron chi connectivity index (χ3n) is 4.70. The molecule has 0 unspecified atom stereocenters. The lowest BCUT2D eigenvalue weighted by atomic mass is 9.95. The SMILES string of the molecule is CN/N=C(/Cc1ccc(F)c(C(=O)O)c1)c1cc(OC2CCC2)ccc1C=O. The van der Waals surface area contributed by atoms with E-state index < -0.39 is 17.3 Å². The average Bonchev–Trinajstić information content (AvgIpc) is 2.65. The maximum absolute atomic E-state index is 13.7. The van der Waals surface area contributed by atoms with Crippen LogP contribution >= 0.6 is 0 Å². The number of aldehydes is 1. The number of halogens is 1. The van der Waals surface area contributed by atoms with Crippen LogP contribution in [0.3, 0.4) is 0 Å². The number of aromatic carboxylic acids is 1. The molecule has 1 saturated carbocycles. The quantitative estimate of drug-likeness (QED) is 0.414. The number of nitrogens with one attached hydrogen (secondary N) is 1. The molecule has 3 rings (SSSR count). The zero-order valence-electron chi connectivity index (χ0n) is 15.4. The molecule has 2 aromatic rings. The summed E-state index contributed by atoms with van der Waals surface area (Å²) in [7, 11) is 1.63. The topological polar surface area (TPSA) is 88.0 Å². The molecule has 0 saturated heterocycles. The van der Waals surface area contributed by atoms with E-state index in [0.29, 0.717) is 28.2 Å². The highest BCUT2D eigenvalue weighted by Gasteiger charge is 2.20. The molecular formula is C21H21FN2O4. The first kappa shape index (κ1) is 19.5. The molecule has 7 heteroatoms. The second-order valence-electron chi connectivity index (χ2n) is 6.62. The Kier molecular flexibility index (Phi) is 6.03. The van der Waals surface area contributed by atoms with E-state index >= 15 is 0 Å². The van der Waals surface area contributed by atoms with E-state index in [1.165, 1.54) is 12.1 Å². The van der Waals surface area contributed by atoms with Gasteiger partial charge in [0.1, 0.15) is 11.6 Å². The van der Waals surface area contributed by atoms with Crippen molar-refractivity contribution in [3.8, 4) is 5.75 Å². The molecule has 0 radical (unpaired) electrons. The zero-order valence-corrected chi connectivity index (χ0v) is 15.4. The van der Waals surface area contributed by atoms with Crippen molar-refractivity contribution in [2.24, 2.45) is 5.10 Å². The van der Waals surface area contributed by atoms with Crippen molar-refractivity contribution in [1.29, 1.82) is 0 Å². The van der Waals surface area contributed by atoms with Crippen molar-refractivity contribution in [2.75, 3.05) is 7.05 Å². The van der Waals surface area contributed by atoms with E-state index in [1.54, 1.807) is 25.2 Å². The van der Waals surface area contributed by atoms with Crippen molar-refractivity contribution in [3.05, 3.63) is 64.5 Å². The van der Waals surface area contributed by atoms with Gasteiger partial charge in [0.2, 0.25) is 0 Å². The third-order valence-corrected chi connectivity index (χ3v) is 4.70. The molecule has 2 aromatic carbocycles. The smallest absolute Gasteiger partial charge is 0.338 e. The highest BCUT2D eigenvalue weighted by Crippen LogP contribution is 2.27. The van der Waals surface area contributed by atoms with Gasteiger partial charge in [-0.2, -0.15) is 5.10 Å². The van der Waals surface area contributed by atoms with Crippen LogP contribution in [0.15, 0.2) is 41.5 Å². The van der Waals surface area contributed by atoms with Gasteiger partial charge in [-0.3, -0.25) is 4.79 Å². The van der Waals surface area contributed by atoms with Gasteiger partial charge in [0.15, 0.2) is 6.29 Å². The van der Waals surface area contributed by atoms with Crippen LogP contribution in [0.25, 0.3) is 0 Å². The normalized spacial score (nSPS) is 14.3. The molecule has 1 fully saturated rings. The molecular weight excluding hydrogens is 363 g/mol. The van der Waals surface area contributed by atoms with Gasteiger partial charge in [-0.1, -0.05) is 6.07 Å². The minimum absolute atomic E-state index is 0.190. The molecule has 0 heterocycles. The van der Waals surface area contributed by atoms with Crippen LogP contribution in [0.5, 0.6) is 5.75 Å². The molecule has 2 N–H and O–H groups in total. The van der Waals surface area contributed by atoms with Crippen LogP contribution in [-0.2, 0) is 6.42 Å². The maximum atomic E-state index is 13.7. The van der Waals surface area contributed by atoms with Gasteiger partial charge in [-0.25, -0.2) is 9.18 Å². The van der Waals surface area contributed by atoms with Crippen molar-refractivity contribution in [2.45, 2.75) is 31.8 Å². The average molecular weight is 384 g/mol. The van der Waals surface area contributed by atoms with E-state index in [1.807, 2.05) is 0 Å². The predicted octanol–water partition coefficient (Wildman–Crippen LogP) is 3.43.